The van der Waals surface area contributed by atoms with E-state index in [1.54, 1.807) is 7.11 Å². The first-order chi connectivity index (χ1) is 5.57. The van der Waals surface area contributed by atoms with Crippen LogP contribution in [-0.2, 0) is 4.74 Å². The Kier molecular flexibility index (Phi) is 2.61. The molecule has 0 atom stereocenters. The third-order valence-corrected chi connectivity index (χ3v) is 2.25. The Balaban J connectivity index is 2.86. The smallest absolute Gasteiger partial charge is 0.115 e. The summed E-state index contributed by atoms with van der Waals surface area (Å²) in [6, 6.07) is 0. The van der Waals surface area contributed by atoms with Crippen molar-refractivity contribution >= 4 is 0 Å². The fraction of sp³-hybridized carbons (Fsp3) is 0.636. The van der Waals surface area contributed by atoms with Gasteiger partial charge in [0.1, 0.15) is 5.76 Å². The highest BCUT2D eigenvalue weighted by Gasteiger charge is 2.21. The molecule has 68 valence electrons. The Bertz CT molecular complexity index is 221. The molecule has 0 aliphatic heterocycles. The minimum absolute atomic E-state index is 0.269. The summed E-state index contributed by atoms with van der Waals surface area (Å²) in [5.41, 5.74) is 1.75. The summed E-state index contributed by atoms with van der Waals surface area (Å²) in [5, 5.41) is 0. The van der Waals surface area contributed by atoms with Crippen LogP contribution in [0.5, 0.6) is 0 Å². The molecule has 1 nitrogen and oxygen atoms in total. The highest BCUT2D eigenvalue weighted by molar-refractivity contribution is 5.27. The summed E-state index contributed by atoms with van der Waals surface area (Å²) < 4.78 is 5.24. The van der Waals surface area contributed by atoms with Crippen molar-refractivity contribution < 1.29 is 4.74 Å². The molecule has 0 fully saturated rings. The Morgan fingerprint density at radius 1 is 1.50 bits per heavy atom. The van der Waals surface area contributed by atoms with Gasteiger partial charge in [-0.05, 0) is 30.4 Å². The molecule has 0 spiro atoms. The number of rotatable bonds is 2. The Morgan fingerprint density at radius 3 is 2.67 bits per heavy atom. The summed E-state index contributed by atoms with van der Waals surface area (Å²) in [7, 11) is 1.73. The largest absolute Gasteiger partial charge is 0.497 e. The molecule has 0 amide bonds. The van der Waals surface area contributed by atoms with E-state index in [0.717, 1.165) is 18.6 Å². The van der Waals surface area contributed by atoms with Crippen LogP contribution in [0.3, 0.4) is 0 Å². The monoisotopic (exact) mass is 166 g/mol. The summed E-state index contributed by atoms with van der Waals surface area (Å²) >= 11 is 0. The molecular formula is C11H18O. The maximum absolute atomic E-state index is 5.24. The van der Waals surface area contributed by atoms with E-state index in [4.69, 9.17) is 4.74 Å². The normalized spacial score (nSPS) is 21.3. The second-order valence-electron chi connectivity index (χ2n) is 4.07. The average molecular weight is 166 g/mol. The molecule has 1 aliphatic rings. The van der Waals surface area contributed by atoms with Crippen LogP contribution in [0.15, 0.2) is 23.5 Å². The van der Waals surface area contributed by atoms with E-state index in [0.29, 0.717) is 0 Å². The van der Waals surface area contributed by atoms with Crippen LogP contribution in [0.1, 0.15) is 33.6 Å². The van der Waals surface area contributed by atoms with Crippen molar-refractivity contribution in [3.63, 3.8) is 0 Å². The van der Waals surface area contributed by atoms with Crippen molar-refractivity contribution in [3.05, 3.63) is 23.5 Å². The van der Waals surface area contributed by atoms with Crippen LogP contribution in [0.25, 0.3) is 0 Å². The molecular weight excluding hydrogens is 148 g/mol. The third-order valence-electron chi connectivity index (χ3n) is 2.25. The highest BCUT2D eigenvalue weighted by Crippen LogP contribution is 2.34. The van der Waals surface area contributed by atoms with Crippen molar-refractivity contribution in [2.75, 3.05) is 7.11 Å². The zero-order valence-corrected chi connectivity index (χ0v) is 8.48. The predicted octanol–water partition coefficient (Wildman–Crippen LogP) is 3.28. The van der Waals surface area contributed by atoms with Gasteiger partial charge in [0, 0.05) is 0 Å². The van der Waals surface area contributed by atoms with Crippen molar-refractivity contribution in [1.29, 1.82) is 0 Å². The number of allylic oxidation sites excluding steroid dienone is 3. The van der Waals surface area contributed by atoms with E-state index in [-0.39, 0.29) is 5.41 Å². The first-order valence-corrected chi connectivity index (χ1v) is 4.53. The van der Waals surface area contributed by atoms with E-state index in [1.807, 2.05) is 0 Å². The molecule has 0 unspecified atom stereocenters. The lowest BCUT2D eigenvalue weighted by Gasteiger charge is -2.26. The molecule has 0 radical (unpaired) electrons. The summed E-state index contributed by atoms with van der Waals surface area (Å²) in [6.45, 7) is 6.68. The minimum atomic E-state index is 0.269. The molecule has 1 aliphatic carbocycles. The minimum Gasteiger partial charge on any atom is -0.497 e. The summed E-state index contributed by atoms with van der Waals surface area (Å²) in [4.78, 5) is 0. The number of hydrogen-bond acceptors (Lipinski definition) is 1. The first kappa shape index (κ1) is 9.37. The first-order valence-electron chi connectivity index (χ1n) is 4.53. The van der Waals surface area contributed by atoms with Gasteiger partial charge in [-0.15, -0.1) is 0 Å². The maximum atomic E-state index is 5.24. The van der Waals surface area contributed by atoms with Crippen molar-refractivity contribution in [1.82, 2.24) is 0 Å². The molecule has 0 saturated carbocycles. The van der Waals surface area contributed by atoms with Gasteiger partial charge in [0.15, 0.2) is 0 Å². The molecule has 0 aromatic carbocycles. The fourth-order valence-electron chi connectivity index (χ4n) is 1.66. The van der Waals surface area contributed by atoms with Crippen LogP contribution >= 0.6 is 0 Å². The zero-order valence-electron chi connectivity index (χ0n) is 8.48. The summed E-state index contributed by atoms with van der Waals surface area (Å²) in [6.07, 6.45) is 6.65. The van der Waals surface area contributed by atoms with Crippen molar-refractivity contribution in [3.8, 4) is 0 Å². The molecule has 0 saturated heterocycles. The Hall–Kier alpha value is -0.720. The number of ether oxygens (including phenoxy) is 1. The molecule has 0 N–H and O–H groups in total. The average Bonchev–Trinajstić information content (AvgIpc) is 2.01. The van der Waals surface area contributed by atoms with Gasteiger partial charge in [-0.3, -0.25) is 0 Å². The highest BCUT2D eigenvalue weighted by atomic mass is 16.5. The lowest BCUT2D eigenvalue weighted by Crippen LogP contribution is -2.13. The van der Waals surface area contributed by atoms with Crippen LogP contribution in [-0.4, -0.2) is 7.11 Å². The lowest BCUT2D eigenvalue weighted by atomic mass is 9.81. The second kappa shape index (κ2) is 3.34. The van der Waals surface area contributed by atoms with E-state index in [1.165, 1.54) is 5.57 Å². The van der Waals surface area contributed by atoms with Gasteiger partial charge < -0.3 is 4.74 Å². The lowest BCUT2D eigenvalue weighted by molar-refractivity contribution is 0.288. The van der Waals surface area contributed by atoms with E-state index in [2.05, 4.69) is 32.9 Å². The molecule has 0 aromatic rings. The number of methoxy groups -OCH3 is 1. The Morgan fingerprint density at radius 2 is 2.17 bits per heavy atom. The second-order valence-corrected chi connectivity index (χ2v) is 4.07. The van der Waals surface area contributed by atoms with Gasteiger partial charge in [0.2, 0.25) is 0 Å². The number of hydrogen-bond donors (Lipinski definition) is 0. The Labute approximate surface area is 75.1 Å². The van der Waals surface area contributed by atoms with Gasteiger partial charge in [0.25, 0.3) is 0 Å². The SMILES string of the molecule is CCC1=CC(OC)=CC(C)(C)C1. The maximum Gasteiger partial charge on any atom is 0.115 e. The van der Waals surface area contributed by atoms with Gasteiger partial charge in [0.05, 0.1) is 7.11 Å². The van der Waals surface area contributed by atoms with Gasteiger partial charge >= 0.3 is 0 Å². The van der Waals surface area contributed by atoms with Gasteiger partial charge in [-0.1, -0.05) is 26.3 Å². The molecule has 0 heterocycles. The topological polar surface area (TPSA) is 9.23 Å². The van der Waals surface area contributed by atoms with Crippen LogP contribution in [0.2, 0.25) is 0 Å². The predicted molar refractivity (Wildman–Crippen MR) is 51.9 cm³/mol. The third kappa shape index (κ3) is 2.13. The van der Waals surface area contributed by atoms with Gasteiger partial charge in [-0.25, -0.2) is 0 Å². The van der Waals surface area contributed by atoms with E-state index >= 15 is 0 Å². The molecule has 1 rings (SSSR count). The fourth-order valence-corrected chi connectivity index (χ4v) is 1.66. The van der Waals surface area contributed by atoms with Gasteiger partial charge in [-0.2, -0.15) is 0 Å². The molecule has 12 heavy (non-hydrogen) atoms. The molecule has 1 heteroatoms. The molecule has 0 bridgehead atoms. The van der Waals surface area contributed by atoms with E-state index in [9.17, 15) is 0 Å². The summed E-state index contributed by atoms with van der Waals surface area (Å²) in [5.74, 6) is 1.02. The van der Waals surface area contributed by atoms with E-state index < -0.39 is 0 Å². The standard InChI is InChI=1S/C11H18O/c1-5-9-6-10(12-4)8-11(2,3)7-9/h6,8H,5,7H2,1-4H3. The van der Waals surface area contributed by atoms with Crippen molar-refractivity contribution in [2.45, 2.75) is 33.6 Å². The van der Waals surface area contributed by atoms with Crippen LogP contribution in [0.4, 0.5) is 0 Å². The van der Waals surface area contributed by atoms with Crippen LogP contribution in [0, 0.1) is 5.41 Å². The quantitative estimate of drug-likeness (QED) is 0.611. The van der Waals surface area contributed by atoms with Crippen LogP contribution < -0.4 is 0 Å². The van der Waals surface area contributed by atoms with Crippen molar-refractivity contribution in [2.24, 2.45) is 5.41 Å². The zero-order chi connectivity index (χ0) is 9.19. The molecule has 0 aromatic heterocycles.